The molecule has 6 rings (SSSR count). The largest absolute Gasteiger partial charge is 0.488 e. The number of carbonyl (C=O) groups is 3. The third-order valence-electron chi connectivity index (χ3n) is 9.50. The number of rotatable bonds is 14. The van der Waals surface area contributed by atoms with Gasteiger partial charge in [0, 0.05) is 30.5 Å². The predicted molar refractivity (Wildman–Crippen MR) is 197 cm³/mol. The van der Waals surface area contributed by atoms with E-state index < -0.39 is 6.09 Å². The number of nitrogens with one attached hydrogen (secondary N) is 3. The third kappa shape index (κ3) is 7.84. The average Bonchev–Trinajstić information content (AvgIpc) is 3.79. The summed E-state index contributed by atoms with van der Waals surface area (Å²) in [6, 6.07) is 14.6. The minimum absolute atomic E-state index is 0.149. The van der Waals surface area contributed by atoms with Gasteiger partial charge in [0.15, 0.2) is 0 Å². The molecule has 0 spiro atoms. The molecule has 0 bridgehead atoms. The number of hydrogen-bond donors (Lipinski definition) is 3. The van der Waals surface area contributed by atoms with Crippen LogP contribution in [0.1, 0.15) is 70.6 Å². The molecule has 0 unspecified atom stereocenters. The number of amides is 3. The Kier molecular flexibility index (Phi) is 10.9. The monoisotopic (exact) mass is 693 g/mol. The number of aromatic nitrogens is 4. The van der Waals surface area contributed by atoms with Gasteiger partial charge >= 0.3 is 6.09 Å². The number of imidazole rings is 2. The molecule has 0 radical (unpaired) electrons. The van der Waals surface area contributed by atoms with Gasteiger partial charge in [-0.05, 0) is 65.1 Å². The Balaban J connectivity index is 1.21. The average molecular weight is 694 g/mol. The van der Waals surface area contributed by atoms with Crippen molar-refractivity contribution in [2.45, 2.75) is 73.1 Å². The van der Waals surface area contributed by atoms with Crippen LogP contribution in [-0.2, 0) is 34.0 Å². The van der Waals surface area contributed by atoms with Gasteiger partial charge in [-0.2, -0.15) is 0 Å². The summed E-state index contributed by atoms with van der Waals surface area (Å²) in [6.07, 6.45) is 4.39. The number of hydrogen-bond acceptors (Lipinski definition) is 7. The van der Waals surface area contributed by atoms with Crippen molar-refractivity contribution in [2.75, 3.05) is 26.7 Å². The van der Waals surface area contributed by atoms with Gasteiger partial charge in [-0.25, -0.2) is 14.8 Å². The van der Waals surface area contributed by atoms with Crippen LogP contribution in [0.2, 0.25) is 0 Å². The molecular weight excluding hydrogens is 646 g/mol. The molecule has 12 nitrogen and oxygen atoms in total. The molecule has 0 saturated heterocycles. The standard InChI is InChI=1S/C39H47N7O5/c1-6-13-45(36(47)15-24(4)8-3)21-34-40-19-32(43-34)26-9-11-28-27(16-26)23-51-33-18-29-25(17-30(28)33)10-12-31-38(29)44-35(42-31)22-46(14-7-2)37(48)20-41-39(49)50-5/h9-12,16-19,24H,6-8,13-15,20-23H2,1-5H3,(H,40,43)(H,41,49)(H,42,44)/t24-/m0/s1. The van der Waals surface area contributed by atoms with Crippen molar-refractivity contribution >= 4 is 39.7 Å². The number of nitrogens with zero attached hydrogens (tertiary/aromatic N) is 4. The lowest BCUT2D eigenvalue weighted by Crippen LogP contribution is -2.40. The first-order valence-electron chi connectivity index (χ1n) is 17.8. The summed E-state index contributed by atoms with van der Waals surface area (Å²) >= 11 is 0. The first-order valence-corrected chi connectivity index (χ1v) is 17.8. The number of aromatic amines is 2. The second-order valence-electron chi connectivity index (χ2n) is 13.3. The van der Waals surface area contributed by atoms with Gasteiger partial charge < -0.3 is 34.6 Å². The highest BCUT2D eigenvalue weighted by Crippen LogP contribution is 2.42. The molecule has 0 fully saturated rings. The number of carbonyl (C=O) groups excluding carboxylic acids is 3. The number of methoxy groups -OCH3 is 1. The highest BCUT2D eigenvalue weighted by molar-refractivity contribution is 6.07. The van der Waals surface area contributed by atoms with E-state index in [1.807, 2.05) is 24.1 Å². The molecule has 0 aliphatic carbocycles. The van der Waals surface area contributed by atoms with Crippen molar-refractivity contribution in [3.8, 4) is 28.1 Å². The van der Waals surface area contributed by atoms with E-state index in [0.717, 1.165) is 80.6 Å². The van der Waals surface area contributed by atoms with E-state index in [4.69, 9.17) is 9.72 Å². The Morgan fingerprint density at radius 3 is 2.45 bits per heavy atom. The summed E-state index contributed by atoms with van der Waals surface area (Å²) in [6.45, 7) is 10.6. The van der Waals surface area contributed by atoms with Crippen molar-refractivity contribution in [1.29, 1.82) is 0 Å². The molecule has 3 aromatic carbocycles. The molecule has 1 aliphatic rings. The zero-order chi connectivity index (χ0) is 36.1. The molecule has 1 aliphatic heterocycles. The summed E-state index contributed by atoms with van der Waals surface area (Å²) in [5.41, 5.74) is 6.81. The van der Waals surface area contributed by atoms with E-state index in [0.29, 0.717) is 44.4 Å². The summed E-state index contributed by atoms with van der Waals surface area (Å²) in [4.78, 5) is 57.2. The predicted octanol–water partition coefficient (Wildman–Crippen LogP) is 6.94. The molecule has 3 N–H and O–H groups in total. The van der Waals surface area contributed by atoms with E-state index in [-0.39, 0.29) is 24.9 Å². The third-order valence-corrected chi connectivity index (χ3v) is 9.50. The van der Waals surface area contributed by atoms with Crippen LogP contribution >= 0.6 is 0 Å². The van der Waals surface area contributed by atoms with E-state index in [9.17, 15) is 14.4 Å². The van der Waals surface area contributed by atoms with Gasteiger partial charge in [0.2, 0.25) is 11.8 Å². The first-order chi connectivity index (χ1) is 24.7. The second kappa shape index (κ2) is 15.7. The lowest BCUT2D eigenvalue weighted by Gasteiger charge is -2.23. The van der Waals surface area contributed by atoms with Crippen LogP contribution in [0.25, 0.3) is 44.2 Å². The lowest BCUT2D eigenvalue weighted by molar-refractivity contribution is -0.133. The lowest BCUT2D eigenvalue weighted by atomic mass is 9.92. The van der Waals surface area contributed by atoms with E-state index in [2.05, 4.69) is 82.2 Å². The van der Waals surface area contributed by atoms with Gasteiger partial charge in [0.25, 0.3) is 0 Å². The van der Waals surface area contributed by atoms with Crippen molar-refractivity contribution in [1.82, 2.24) is 35.1 Å². The van der Waals surface area contributed by atoms with E-state index in [1.54, 1.807) is 4.90 Å². The molecule has 3 amide bonds. The van der Waals surface area contributed by atoms with Crippen molar-refractivity contribution < 1.29 is 23.9 Å². The van der Waals surface area contributed by atoms with Gasteiger partial charge in [-0.15, -0.1) is 0 Å². The van der Waals surface area contributed by atoms with Crippen LogP contribution in [0.4, 0.5) is 4.79 Å². The number of benzene rings is 3. The quantitative estimate of drug-likeness (QED) is 0.114. The summed E-state index contributed by atoms with van der Waals surface area (Å²) < 4.78 is 10.9. The molecule has 12 heteroatoms. The summed E-state index contributed by atoms with van der Waals surface area (Å²) in [5, 5.41) is 4.48. The van der Waals surface area contributed by atoms with Gasteiger partial charge in [-0.1, -0.05) is 52.3 Å². The molecule has 5 aromatic rings. The van der Waals surface area contributed by atoms with E-state index in [1.165, 1.54) is 7.11 Å². The molecule has 51 heavy (non-hydrogen) atoms. The first kappa shape index (κ1) is 35.4. The number of fused-ring (bicyclic) bond motifs is 6. The van der Waals surface area contributed by atoms with Crippen molar-refractivity contribution in [3.63, 3.8) is 0 Å². The Labute approximate surface area is 297 Å². The second-order valence-corrected chi connectivity index (χ2v) is 13.3. The Hall–Kier alpha value is -5.39. The normalized spacial score (nSPS) is 12.6. The van der Waals surface area contributed by atoms with Crippen LogP contribution in [0.5, 0.6) is 5.75 Å². The zero-order valence-corrected chi connectivity index (χ0v) is 30.1. The molecular formula is C39H47N7O5. The topological polar surface area (TPSA) is 146 Å². The number of alkyl carbamates (subject to hydrolysis) is 1. The Morgan fingerprint density at radius 1 is 0.941 bits per heavy atom. The SMILES string of the molecule is CCCN(Cc1ncc(-c2ccc3c(c2)COc2cc4c(ccc5nc(CN(CCC)C(=O)CNC(=O)OC)[nH]c54)cc2-3)[nH]1)C(=O)C[C@@H](C)CC. The maximum atomic E-state index is 13.0. The fourth-order valence-corrected chi connectivity index (χ4v) is 6.56. The van der Waals surface area contributed by atoms with Gasteiger partial charge in [-0.3, -0.25) is 9.59 Å². The van der Waals surface area contributed by atoms with Crippen LogP contribution in [-0.4, -0.2) is 74.4 Å². The van der Waals surface area contributed by atoms with Gasteiger partial charge in [0.1, 0.15) is 30.5 Å². The van der Waals surface area contributed by atoms with E-state index >= 15 is 0 Å². The van der Waals surface area contributed by atoms with Crippen LogP contribution in [0.15, 0.2) is 48.7 Å². The summed E-state index contributed by atoms with van der Waals surface area (Å²) in [5.74, 6) is 2.55. The molecule has 0 saturated carbocycles. The minimum atomic E-state index is -0.646. The molecule has 2 aromatic heterocycles. The minimum Gasteiger partial charge on any atom is -0.488 e. The Bertz CT molecular complexity index is 2050. The van der Waals surface area contributed by atoms with Crippen LogP contribution in [0, 0.1) is 5.92 Å². The maximum absolute atomic E-state index is 13.0. The fourth-order valence-electron chi connectivity index (χ4n) is 6.56. The number of H-pyrrole nitrogens is 2. The maximum Gasteiger partial charge on any atom is 0.407 e. The summed E-state index contributed by atoms with van der Waals surface area (Å²) in [7, 11) is 1.26. The highest BCUT2D eigenvalue weighted by atomic mass is 16.5. The van der Waals surface area contributed by atoms with Crippen molar-refractivity contribution in [3.05, 3.63) is 65.9 Å². The van der Waals surface area contributed by atoms with Crippen LogP contribution < -0.4 is 10.1 Å². The zero-order valence-electron chi connectivity index (χ0n) is 30.1. The highest BCUT2D eigenvalue weighted by Gasteiger charge is 2.22. The molecule has 3 heterocycles. The smallest absolute Gasteiger partial charge is 0.407 e. The number of ether oxygens (including phenoxy) is 2. The van der Waals surface area contributed by atoms with Crippen molar-refractivity contribution in [2.24, 2.45) is 5.92 Å². The molecule has 268 valence electrons. The van der Waals surface area contributed by atoms with Crippen LogP contribution in [0.3, 0.4) is 0 Å². The fraction of sp³-hybridized carbons (Fsp3) is 0.410. The van der Waals surface area contributed by atoms with Gasteiger partial charge in [0.05, 0.1) is 43.1 Å². The molecule has 1 atom stereocenters. The Morgan fingerprint density at radius 2 is 1.71 bits per heavy atom.